The molecule has 8 rings (SSSR count). The third-order valence-corrected chi connectivity index (χ3v) is 11.6. The van der Waals surface area contributed by atoms with E-state index in [9.17, 15) is 33.6 Å². The van der Waals surface area contributed by atoms with Gasteiger partial charge in [0.2, 0.25) is 0 Å². The van der Waals surface area contributed by atoms with Crippen molar-refractivity contribution in [3.63, 3.8) is 0 Å². The number of amides is 3. The van der Waals surface area contributed by atoms with Crippen LogP contribution in [0.2, 0.25) is 0 Å². The molecule has 3 aromatic carbocycles. The van der Waals surface area contributed by atoms with Crippen LogP contribution in [0.25, 0.3) is 0 Å². The zero-order chi connectivity index (χ0) is 44.0. The van der Waals surface area contributed by atoms with Crippen molar-refractivity contribution in [2.45, 2.75) is 81.3 Å². The molecule has 0 saturated carbocycles. The zero-order valence-electron chi connectivity index (χ0n) is 33.2. The summed E-state index contributed by atoms with van der Waals surface area (Å²) in [5.74, 6) is -11.7. The summed E-state index contributed by atoms with van der Waals surface area (Å²) in [4.78, 5) is 131. The normalized spacial score (nSPS) is 30.5. The molecule has 5 aliphatic rings. The standard InChI is InChI=1S/C41H42N6O14/c1-25-21-22-46-39(25)29(48)19-20-30(49)41(58-33(39)52)56-31(50)37(2,42)40(28-17-11-6-12-18-28,38(3,43)32(51)57-41)47(59-35(54)45(46)24-27-15-9-5-10-16-27)36(55)61-60-34(53)44-23-26-13-7-4-8-14-26/h4-18,25H,19-24,42-43H2,1-3H3,(H,44,53)/t25?,37-,38-,39+,40?,41?/m0/s1. The Balaban J connectivity index is 1.47. The molecule has 1 unspecified atom stereocenters. The van der Waals surface area contributed by atoms with Crippen LogP contribution in [0.15, 0.2) is 91.0 Å². The number of carbonyl (C=O) groups excluding carboxylic acids is 8. The molecular formula is C41H42N6O14. The number of hydroxylamine groups is 2. The highest BCUT2D eigenvalue weighted by molar-refractivity contribution is 6.12. The second kappa shape index (κ2) is 15.6. The van der Waals surface area contributed by atoms with Gasteiger partial charge in [-0.25, -0.2) is 43.6 Å². The summed E-state index contributed by atoms with van der Waals surface area (Å²) in [6, 6.07) is 23.6. The number of ether oxygens (including phenoxy) is 3. The van der Waals surface area contributed by atoms with Gasteiger partial charge >= 0.3 is 42.2 Å². The van der Waals surface area contributed by atoms with Gasteiger partial charge in [-0.3, -0.25) is 9.59 Å². The maximum Gasteiger partial charge on any atom is 0.488 e. The fraction of sp³-hybridized carbons (Fsp3) is 0.366. The van der Waals surface area contributed by atoms with Crippen molar-refractivity contribution in [3.05, 3.63) is 108 Å². The summed E-state index contributed by atoms with van der Waals surface area (Å²) >= 11 is 0. The van der Waals surface area contributed by atoms with Crippen LogP contribution in [0.3, 0.4) is 0 Å². The summed E-state index contributed by atoms with van der Waals surface area (Å²) in [6.07, 6.45) is -6.16. The number of carbonyl (C=O) groups is 8. The molecule has 5 fully saturated rings. The average Bonchev–Trinajstić information content (AvgIpc) is 3.59. The van der Waals surface area contributed by atoms with Gasteiger partial charge in [0.05, 0.1) is 6.54 Å². The first kappa shape index (κ1) is 42.2. The second-order valence-corrected chi connectivity index (χ2v) is 15.4. The van der Waals surface area contributed by atoms with Crippen LogP contribution >= 0.6 is 0 Å². The van der Waals surface area contributed by atoms with E-state index in [1.807, 2.05) is 0 Å². The van der Waals surface area contributed by atoms with E-state index < -0.39 is 101 Å². The molecule has 320 valence electrons. The maximum absolute atomic E-state index is 15.2. The number of Topliss-reactive ketones (excluding diaryl/α,β-unsaturated/α-hetero) is 2. The number of fused-ring (bicyclic) bond motifs is 7. The third-order valence-electron chi connectivity index (χ3n) is 11.6. The van der Waals surface area contributed by atoms with Crippen LogP contribution in [0.5, 0.6) is 0 Å². The highest BCUT2D eigenvalue weighted by Gasteiger charge is 2.77. The average molecular weight is 843 g/mol. The van der Waals surface area contributed by atoms with E-state index in [0.29, 0.717) is 11.1 Å². The predicted octanol–water partition coefficient (Wildman–Crippen LogP) is 2.39. The fourth-order valence-corrected chi connectivity index (χ4v) is 8.50. The lowest BCUT2D eigenvalue weighted by Crippen LogP contribution is -2.84. The molecule has 5 N–H and O–H groups in total. The Labute approximate surface area is 347 Å². The lowest BCUT2D eigenvalue weighted by atomic mass is 9.61. The van der Waals surface area contributed by atoms with Crippen molar-refractivity contribution in [2.24, 2.45) is 17.4 Å². The van der Waals surface area contributed by atoms with Gasteiger partial charge < -0.3 is 35.8 Å². The molecule has 3 aromatic rings. The molecule has 2 spiro atoms. The Bertz CT molecular complexity index is 2240. The largest absolute Gasteiger partial charge is 0.488 e. The van der Waals surface area contributed by atoms with E-state index in [-0.39, 0.29) is 30.1 Å². The van der Waals surface area contributed by atoms with Gasteiger partial charge in [0.1, 0.15) is 11.1 Å². The SMILES string of the molecule is CC1CCN2N(Cc3ccccc3)C(=O)ON(C(=O)OOC(=O)NCc3ccccc3)C3(c4ccccc4)[C@@](C)(N)C(=O)OC4(OC(=O)[C@]12C(=O)CCC4=O)OC(=O)[C@]3(C)N. The van der Waals surface area contributed by atoms with Crippen LogP contribution in [-0.4, -0.2) is 92.0 Å². The number of hydrogen-bond acceptors (Lipinski definition) is 17. The summed E-state index contributed by atoms with van der Waals surface area (Å²) in [5.41, 5.74) is 3.25. The van der Waals surface area contributed by atoms with E-state index in [1.54, 1.807) is 60.7 Å². The van der Waals surface area contributed by atoms with E-state index in [4.69, 9.17) is 40.3 Å². The number of esters is 3. The van der Waals surface area contributed by atoms with Crippen molar-refractivity contribution in [2.75, 3.05) is 6.54 Å². The van der Waals surface area contributed by atoms with Crippen LogP contribution in [0.1, 0.15) is 56.7 Å². The Kier molecular flexibility index (Phi) is 10.8. The molecule has 0 radical (unpaired) electrons. The van der Waals surface area contributed by atoms with E-state index in [2.05, 4.69) is 5.32 Å². The van der Waals surface area contributed by atoms with Crippen LogP contribution in [0, 0.1) is 5.92 Å². The number of ketones is 2. The fourth-order valence-electron chi connectivity index (χ4n) is 8.50. The Morgan fingerprint density at radius 1 is 0.738 bits per heavy atom. The van der Waals surface area contributed by atoms with Gasteiger partial charge in [0, 0.05) is 25.9 Å². The molecule has 5 aliphatic heterocycles. The monoisotopic (exact) mass is 842 g/mol. The van der Waals surface area contributed by atoms with Gasteiger partial charge in [-0.05, 0) is 42.9 Å². The molecule has 5 saturated heterocycles. The number of nitrogens with two attached hydrogens (primary N) is 2. The van der Waals surface area contributed by atoms with Gasteiger partial charge in [0.15, 0.2) is 16.9 Å². The molecule has 0 aromatic heterocycles. The number of hydrazine groups is 1. The second-order valence-electron chi connectivity index (χ2n) is 15.4. The first-order valence-corrected chi connectivity index (χ1v) is 19.1. The van der Waals surface area contributed by atoms with E-state index in [1.165, 1.54) is 37.3 Å². The van der Waals surface area contributed by atoms with Gasteiger partial charge in [-0.2, -0.15) is 5.01 Å². The van der Waals surface area contributed by atoms with E-state index in [0.717, 1.165) is 23.9 Å². The van der Waals surface area contributed by atoms with Gasteiger partial charge in [0.25, 0.3) is 5.78 Å². The molecule has 5 heterocycles. The van der Waals surface area contributed by atoms with Crippen LogP contribution in [0.4, 0.5) is 14.4 Å². The van der Waals surface area contributed by atoms with Gasteiger partial charge in [-0.15, -0.1) is 5.06 Å². The molecule has 0 aliphatic carbocycles. The summed E-state index contributed by atoms with van der Waals surface area (Å²) in [5, 5.41) is 4.33. The summed E-state index contributed by atoms with van der Waals surface area (Å²) in [7, 11) is 0. The molecule has 4 atom stereocenters. The minimum absolute atomic E-state index is 0.0354. The Morgan fingerprint density at radius 3 is 1.85 bits per heavy atom. The summed E-state index contributed by atoms with van der Waals surface area (Å²) in [6.45, 7) is 2.65. The Hall–Kier alpha value is -6.90. The molecule has 61 heavy (non-hydrogen) atoms. The zero-order valence-corrected chi connectivity index (χ0v) is 33.2. The quantitative estimate of drug-likeness (QED) is 0.144. The molecule has 3 amide bonds. The Morgan fingerprint density at radius 2 is 1.26 bits per heavy atom. The minimum Gasteiger partial charge on any atom is -0.380 e. The van der Waals surface area contributed by atoms with Gasteiger partial charge in [-0.1, -0.05) is 97.9 Å². The highest BCUT2D eigenvalue weighted by Crippen LogP contribution is 2.51. The smallest absolute Gasteiger partial charge is 0.380 e. The highest BCUT2D eigenvalue weighted by atomic mass is 17.2. The maximum atomic E-state index is 15.2. The first-order chi connectivity index (χ1) is 28.9. The lowest BCUT2D eigenvalue weighted by Gasteiger charge is -2.56. The predicted molar refractivity (Wildman–Crippen MR) is 203 cm³/mol. The van der Waals surface area contributed by atoms with Crippen molar-refractivity contribution in [1.82, 2.24) is 20.4 Å². The number of benzene rings is 3. The molecule has 20 heteroatoms. The first-order valence-electron chi connectivity index (χ1n) is 19.1. The molecule has 20 nitrogen and oxygen atoms in total. The van der Waals surface area contributed by atoms with E-state index >= 15 is 4.79 Å². The molecular weight excluding hydrogens is 800 g/mol. The number of hydrogen-bond donors (Lipinski definition) is 3. The van der Waals surface area contributed by atoms with Crippen molar-refractivity contribution in [3.8, 4) is 0 Å². The number of nitrogens with zero attached hydrogens (tertiary/aromatic N) is 3. The number of nitrogens with one attached hydrogen (secondary N) is 1. The van der Waals surface area contributed by atoms with Crippen molar-refractivity contribution < 1.29 is 67.2 Å². The topological polar surface area (TPSA) is 266 Å². The van der Waals surface area contributed by atoms with Crippen molar-refractivity contribution in [1.29, 1.82) is 0 Å². The third kappa shape index (κ3) is 6.68. The lowest BCUT2D eigenvalue weighted by molar-refractivity contribution is -0.330. The summed E-state index contributed by atoms with van der Waals surface area (Å²) < 4.78 is 16.9. The minimum atomic E-state index is -3.52. The van der Waals surface area contributed by atoms with Crippen LogP contribution in [-0.2, 0) is 71.4 Å². The van der Waals surface area contributed by atoms with Crippen LogP contribution < -0.4 is 16.8 Å². The molecule has 3 bridgehead atoms. The van der Waals surface area contributed by atoms with Crippen molar-refractivity contribution >= 4 is 47.8 Å². The number of rotatable bonds is 5.